The van der Waals surface area contributed by atoms with Gasteiger partial charge in [-0.25, -0.2) is 0 Å². The first-order valence-corrected chi connectivity index (χ1v) is 6.81. The molecule has 0 amide bonds. The quantitative estimate of drug-likeness (QED) is 0.395. The molecule has 4 aromatic carbocycles. The Morgan fingerprint density at radius 3 is 2.10 bits per heavy atom. The lowest BCUT2D eigenvalue weighted by Crippen LogP contribution is -1.84. The molecule has 4 rings (SSSR count). The van der Waals surface area contributed by atoms with E-state index in [4.69, 9.17) is 0 Å². The van der Waals surface area contributed by atoms with Gasteiger partial charge in [0.15, 0.2) is 0 Å². The van der Waals surface area contributed by atoms with E-state index >= 15 is 0 Å². The van der Waals surface area contributed by atoms with Gasteiger partial charge in [-0.15, -0.1) is 0 Å². The van der Waals surface area contributed by atoms with E-state index in [0.29, 0.717) is 0 Å². The number of hydrogen-bond acceptors (Lipinski definition) is 0. The van der Waals surface area contributed by atoms with Crippen LogP contribution in [0.3, 0.4) is 0 Å². The Hall–Kier alpha value is -2.60. The Bertz CT molecular complexity index is 889. The Labute approximate surface area is 118 Å². The summed E-state index contributed by atoms with van der Waals surface area (Å²) in [5.41, 5.74) is 2.40. The largest absolute Gasteiger partial charge is 0.0616 e. The molecule has 0 nitrogen and oxygen atoms in total. The van der Waals surface area contributed by atoms with Crippen LogP contribution in [0.5, 0.6) is 0 Å². The number of hydrogen-bond donors (Lipinski definition) is 0. The van der Waals surface area contributed by atoms with Gasteiger partial charge >= 0.3 is 0 Å². The molecule has 0 aromatic heterocycles. The summed E-state index contributed by atoms with van der Waals surface area (Å²) < 4.78 is 0. The molecule has 0 saturated carbocycles. The summed E-state index contributed by atoms with van der Waals surface area (Å²) in [4.78, 5) is 0. The van der Waals surface area contributed by atoms with Crippen LogP contribution in [0.1, 0.15) is 0 Å². The molecule has 20 heavy (non-hydrogen) atoms. The smallest absolute Gasteiger partial charge is 0.00928 e. The average molecular weight is 253 g/mol. The van der Waals surface area contributed by atoms with Gasteiger partial charge < -0.3 is 0 Å². The summed E-state index contributed by atoms with van der Waals surface area (Å²) in [5.74, 6) is 0. The molecule has 0 heteroatoms. The van der Waals surface area contributed by atoms with Gasteiger partial charge in [0.25, 0.3) is 0 Å². The molecule has 0 saturated heterocycles. The molecule has 1 radical (unpaired) electrons. The van der Waals surface area contributed by atoms with Gasteiger partial charge in [0.2, 0.25) is 0 Å². The fraction of sp³-hybridized carbons (Fsp3) is 0. The van der Waals surface area contributed by atoms with Crippen LogP contribution in [0.25, 0.3) is 32.7 Å². The highest BCUT2D eigenvalue weighted by Gasteiger charge is 2.07. The minimum atomic E-state index is 1.15. The predicted molar refractivity (Wildman–Crippen MR) is 85.7 cm³/mol. The Morgan fingerprint density at radius 1 is 0.600 bits per heavy atom. The van der Waals surface area contributed by atoms with Crippen molar-refractivity contribution in [2.75, 3.05) is 0 Å². The summed E-state index contributed by atoms with van der Waals surface area (Å²) >= 11 is 0. The summed E-state index contributed by atoms with van der Waals surface area (Å²) in [5, 5.41) is 5.17. The first kappa shape index (κ1) is 11.2. The maximum atomic E-state index is 3.34. The molecule has 0 heterocycles. The number of fused-ring (bicyclic) bond motifs is 3. The third kappa shape index (κ3) is 1.70. The summed E-state index contributed by atoms with van der Waals surface area (Å²) in [6, 6.07) is 30.9. The molecule has 0 spiro atoms. The number of rotatable bonds is 1. The molecule has 0 aliphatic rings. The van der Waals surface area contributed by atoms with Crippen molar-refractivity contribution in [3.8, 4) is 11.1 Å². The first-order chi connectivity index (χ1) is 9.93. The monoisotopic (exact) mass is 253 g/mol. The zero-order valence-electron chi connectivity index (χ0n) is 11.0. The Kier molecular flexibility index (Phi) is 2.53. The zero-order chi connectivity index (χ0) is 13.4. The lowest BCUT2D eigenvalue weighted by atomic mass is 9.93. The van der Waals surface area contributed by atoms with E-state index in [2.05, 4.69) is 72.8 Å². The minimum absolute atomic E-state index is 1.15. The third-order valence-electron chi connectivity index (χ3n) is 3.77. The molecule has 0 N–H and O–H groups in total. The van der Waals surface area contributed by atoms with Crippen molar-refractivity contribution in [2.45, 2.75) is 0 Å². The maximum Gasteiger partial charge on any atom is -0.00928 e. The van der Waals surface area contributed by atoms with Crippen molar-refractivity contribution in [3.05, 3.63) is 84.9 Å². The molecule has 0 fully saturated rings. The molecule has 0 atom stereocenters. The third-order valence-corrected chi connectivity index (χ3v) is 3.77. The molecule has 93 valence electrons. The highest BCUT2D eigenvalue weighted by atomic mass is 14.1. The van der Waals surface area contributed by atoms with Gasteiger partial charge in [0, 0.05) is 0 Å². The number of benzene rings is 4. The molecular formula is C20H13. The van der Waals surface area contributed by atoms with E-state index in [9.17, 15) is 0 Å². The van der Waals surface area contributed by atoms with Crippen LogP contribution in [-0.4, -0.2) is 0 Å². The lowest BCUT2D eigenvalue weighted by Gasteiger charge is -2.10. The van der Waals surface area contributed by atoms with E-state index < -0.39 is 0 Å². The van der Waals surface area contributed by atoms with Gasteiger partial charge in [0.1, 0.15) is 0 Å². The summed E-state index contributed by atoms with van der Waals surface area (Å²) in [6.07, 6.45) is 0. The summed E-state index contributed by atoms with van der Waals surface area (Å²) in [7, 11) is 0. The van der Waals surface area contributed by atoms with Gasteiger partial charge in [0.05, 0.1) is 0 Å². The van der Waals surface area contributed by atoms with Crippen LogP contribution in [0.4, 0.5) is 0 Å². The van der Waals surface area contributed by atoms with Crippen LogP contribution < -0.4 is 0 Å². The molecule has 0 unspecified atom stereocenters. The van der Waals surface area contributed by atoms with E-state index in [-0.39, 0.29) is 0 Å². The minimum Gasteiger partial charge on any atom is -0.0616 e. The maximum absolute atomic E-state index is 3.34. The topological polar surface area (TPSA) is 0 Å². The molecule has 4 aromatic rings. The van der Waals surface area contributed by atoms with Crippen LogP contribution in [0.2, 0.25) is 0 Å². The van der Waals surface area contributed by atoms with Gasteiger partial charge in [-0.3, -0.25) is 0 Å². The molecule has 0 aliphatic heterocycles. The fourth-order valence-corrected chi connectivity index (χ4v) is 2.84. The highest BCUT2D eigenvalue weighted by molar-refractivity contribution is 6.13. The normalized spacial score (nSPS) is 11.0. The van der Waals surface area contributed by atoms with Crippen LogP contribution in [-0.2, 0) is 0 Å². The van der Waals surface area contributed by atoms with E-state index in [1.165, 1.54) is 27.1 Å². The zero-order valence-corrected chi connectivity index (χ0v) is 11.0. The van der Waals surface area contributed by atoms with Crippen molar-refractivity contribution >= 4 is 21.5 Å². The summed E-state index contributed by atoms with van der Waals surface area (Å²) in [6.45, 7) is 0. The Balaban J connectivity index is 2.19. The molecule has 0 bridgehead atoms. The van der Waals surface area contributed by atoms with E-state index in [1.54, 1.807) is 0 Å². The lowest BCUT2D eigenvalue weighted by molar-refractivity contribution is 1.65. The van der Waals surface area contributed by atoms with Gasteiger partial charge in [-0.05, 0) is 44.8 Å². The van der Waals surface area contributed by atoms with Crippen LogP contribution in [0, 0.1) is 6.07 Å². The van der Waals surface area contributed by atoms with Crippen molar-refractivity contribution < 1.29 is 0 Å². The van der Waals surface area contributed by atoms with E-state index in [1.807, 2.05) is 12.1 Å². The van der Waals surface area contributed by atoms with Gasteiger partial charge in [-0.1, -0.05) is 72.8 Å². The predicted octanol–water partition coefficient (Wildman–Crippen LogP) is 5.46. The molecular weight excluding hydrogens is 240 g/mol. The second-order valence-electron chi connectivity index (χ2n) is 4.97. The Morgan fingerprint density at radius 2 is 1.30 bits per heavy atom. The van der Waals surface area contributed by atoms with Crippen LogP contribution >= 0.6 is 0 Å². The van der Waals surface area contributed by atoms with Crippen LogP contribution in [0.15, 0.2) is 78.9 Å². The fourth-order valence-electron chi connectivity index (χ4n) is 2.84. The second kappa shape index (κ2) is 4.50. The van der Waals surface area contributed by atoms with Crippen molar-refractivity contribution in [3.63, 3.8) is 0 Å². The highest BCUT2D eigenvalue weighted by Crippen LogP contribution is 2.34. The molecule has 0 aliphatic carbocycles. The second-order valence-corrected chi connectivity index (χ2v) is 4.97. The van der Waals surface area contributed by atoms with E-state index in [0.717, 1.165) is 5.56 Å². The first-order valence-electron chi connectivity index (χ1n) is 6.81. The van der Waals surface area contributed by atoms with Crippen molar-refractivity contribution in [1.82, 2.24) is 0 Å². The van der Waals surface area contributed by atoms with Crippen molar-refractivity contribution in [1.29, 1.82) is 0 Å². The van der Waals surface area contributed by atoms with Crippen molar-refractivity contribution in [2.24, 2.45) is 0 Å². The standard InChI is InChI=1S/C20H13/c1-2-8-15(9-3-1)20-14-16-10-4-5-11-17(16)18-12-6-7-13-19(18)20/h1-8,10-14H. The SMILES string of the molecule is [c]1ccccc1-c1cc2ccccc2c2ccccc12. The average Bonchev–Trinajstić information content (AvgIpc) is 2.55. The van der Waals surface area contributed by atoms with Gasteiger partial charge in [-0.2, -0.15) is 0 Å².